The van der Waals surface area contributed by atoms with Crippen LogP contribution in [0.3, 0.4) is 0 Å². The predicted octanol–water partition coefficient (Wildman–Crippen LogP) is 0.456. The first-order valence-electron chi connectivity index (χ1n) is 5.70. The molecule has 0 saturated heterocycles. The molecule has 0 spiro atoms. The van der Waals surface area contributed by atoms with Crippen LogP contribution >= 0.6 is 0 Å². The Morgan fingerprint density at radius 1 is 1.28 bits per heavy atom. The molecule has 18 heavy (non-hydrogen) atoms. The van der Waals surface area contributed by atoms with Crippen LogP contribution in [0.15, 0.2) is 30.3 Å². The second kappa shape index (κ2) is 6.51. The van der Waals surface area contributed by atoms with Gasteiger partial charge in [0.05, 0.1) is 11.7 Å². The Morgan fingerprint density at radius 2 is 1.89 bits per heavy atom. The lowest BCUT2D eigenvalue weighted by Gasteiger charge is -2.12. The average molecular weight is 270 g/mol. The minimum absolute atomic E-state index is 0.110. The lowest BCUT2D eigenvalue weighted by molar-refractivity contribution is -0.122. The number of benzene rings is 1. The largest absolute Gasteiger partial charge is 0.355 e. The molecular weight excluding hydrogens is 252 g/mol. The van der Waals surface area contributed by atoms with E-state index in [1.807, 2.05) is 30.3 Å². The minimum atomic E-state index is -3.27. The van der Waals surface area contributed by atoms with Gasteiger partial charge in [0.25, 0.3) is 0 Å². The van der Waals surface area contributed by atoms with Gasteiger partial charge in [-0.3, -0.25) is 4.79 Å². The van der Waals surface area contributed by atoms with Crippen LogP contribution in [0.1, 0.15) is 18.4 Å². The first-order valence-corrected chi connectivity index (χ1v) is 7.35. The van der Waals surface area contributed by atoms with Gasteiger partial charge in [-0.25, -0.2) is 13.1 Å². The standard InChI is InChI=1S/C12H18N2O3S/c1-10(11-6-4-3-5-7-11)12(15)14-8-9-18(16,17)13-2/h3-7,10,13H,8-9H2,1-2H3,(H,14,15)/t10-/m1/s1. The van der Waals surface area contributed by atoms with Crippen molar-refractivity contribution in [3.63, 3.8) is 0 Å². The van der Waals surface area contributed by atoms with Gasteiger partial charge < -0.3 is 5.32 Å². The molecule has 0 unspecified atom stereocenters. The van der Waals surface area contributed by atoms with Gasteiger partial charge in [0, 0.05) is 6.54 Å². The maximum absolute atomic E-state index is 11.8. The third-order valence-corrected chi connectivity index (χ3v) is 4.04. The summed E-state index contributed by atoms with van der Waals surface area (Å²) in [5, 5.41) is 2.61. The third-order valence-electron chi connectivity index (χ3n) is 2.67. The number of amides is 1. The van der Waals surface area contributed by atoms with Crippen LogP contribution in [-0.4, -0.2) is 33.7 Å². The monoisotopic (exact) mass is 270 g/mol. The van der Waals surface area contributed by atoms with E-state index < -0.39 is 10.0 Å². The van der Waals surface area contributed by atoms with Crippen molar-refractivity contribution in [2.45, 2.75) is 12.8 Å². The Kier molecular flexibility index (Phi) is 5.30. The van der Waals surface area contributed by atoms with E-state index in [1.54, 1.807) is 6.92 Å². The number of hydrogen-bond acceptors (Lipinski definition) is 3. The highest BCUT2D eigenvalue weighted by Gasteiger charge is 2.15. The molecule has 0 aromatic heterocycles. The maximum atomic E-state index is 11.8. The van der Waals surface area contributed by atoms with Gasteiger partial charge in [0.2, 0.25) is 15.9 Å². The summed E-state index contributed by atoms with van der Waals surface area (Å²) in [5.41, 5.74) is 0.909. The highest BCUT2D eigenvalue weighted by molar-refractivity contribution is 7.89. The van der Waals surface area contributed by atoms with Crippen molar-refractivity contribution in [2.24, 2.45) is 0 Å². The molecule has 0 saturated carbocycles. The summed E-state index contributed by atoms with van der Waals surface area (Å²) in [6.45, 7) is 1.90. The van der Waals surface area contributed by atoms with Crippen molar-refractivity contribution in [1.82, 2.24) is 10.0 Å². The molecule has 0 aliphatic rings. The summed E-state index contributed by atoms with van der Waals surface area (Å²) in [6, 6.07) is 9.35. The second-order valence-electron chi connectivity index (χ2n) is 3.95. The van der Waals surface area contributed by atoms with E-state index in [9.17, 15) is 13.2 Å². The van der Waals surface area contributed by atoms with Gasteiger partial charge in [0.1, 0.15) is 0 Å². The fraction of sp³-hybridized carbons (Fsp3) is 0.417. The van der Waals surface area contributed by atoms with Gasteiger partial charge in [-0.2, -0.15) is 0 Å². The van der Waals surface area contributed by atoms with Gasteiger partial charge in [0.15, 0.2) is 0 Å². The van der Waals surface area contributed by atoms with E-state index in [4.69, 9.17) is 0 Å². The fourth-order valence-electron chi connectivity index (χ4n) is 1.46. The number of hydrogen-bond donors (Lipinski definition) is 2. The molecule has 0 fully saturated rings. The average Bonchev–Trinajstić information content (AvgIpc) is 2.38. The molecule has 1 aromatic carbocycles. The highest BCUT2D eigenvalue weighted by Crippen LogP contribution is 2.13. The van der Waals surface area contributed by atoms with Crippen molar-refractivity contribution >= 4 is 15.9 Å². The topological polar surface area (TPSA) is 75.3 Å². The van der Waals surface area contributed by atoms with Crippen LogP contribution in [0, 0.1) is 0 Å². The van der Waals surface area contributed by atoms with Gasteiger partial charge >= 0.3 is 0 Å². The zero-order chi connectivity index (χ0) is 13.6. The summed E-state index contributed by atoms with van der Waals surface area (Å²) >= 11 is 0. The van der Waals surface area contributed by atoms with E-state index in [1.165, 1.54) is 7.05 Å². The molecule has 100 valence electrons. The van der Waals surface area contributed by atoms with Crippen molar-refractivity contribution in [1.29, 1.82) is 0 Å². The van der Waals surface area contributed by atoms with Crippen molar-refractivity contribution < 1.29 is 13.2 Å². The summed E-state index contributed by atoms with van der Waals surface area (Å²) in [6.07, 6.45) is 0. The van der Waals surface area contributed by atoms with E-state index in [2.05, 4.69) is 10.0 Å². The van der Waals surface area contributed by atoms with Crippen LogP contribution in [0.25, 0.3) is 0 Å². The van der Waals surface area contributed by atoms with Gasteiger partial charge in [-0.15, -0.1) is 0 Å². The lowest BCUT2D eigenvalue weighted by Crippen LogP contribution is -2.34. The third kappa shape index (κ3) is 4.46. The Morgan fingerprint density at radius 3 is 2.44 bits per heavy atom. The second-order valence-corrected chi connectivity index (χ2v) is 5.99. The molecule has 0 radical (unpaired) electrons. The van der Waals surface area contributed by atoms with Crippen molar-refractivity contribution in [2.75, 3.05) is 19.3 Å². The molecule has 1 aromatic rings. The maximum Gasteiger partial charge on any atom is 0.227 e. The van der Waals surface area contributed by atoms with Gasteiger partial charge in [-0.1, -0.05) is 30.3 Å². The molecule has 5 nitrogen and oxygen atoms in total. The molecule has 0 aliphatic carbocycles. The lowest BCUT2D eigenvalue weighted by atomic mass is 10.0. The molecule has 2 N–H and O–H groups in total. The number of sulfonamides is 1. The first-order chi connectivity index (χ1) is 8.46. The number of nitrogens with one attached hydrogen (secondary N) is 2. The zero-order valence-corrected chi connectivity index (χ0v) is 11.3. The summed E-state index contributed by atoms with van der Waals surface area (Å²) in [4.78, 5) is 11.8. The molecule has 6 heteroatoms. The Bertz CT molecular complexity index is 485. The summed E-state index contributed by atoms with van der Waals surface area (Å²) in [5.74, 6) is -0.576. The Hall–Kier alpha value is -1.40. The highest BCUT2D eigenvalue weighted by atomic mass is 32.2. The number of carbonyl (C=O) groups is 1. The Labute approximate surface area is 108 Å². The van der Waals surface area contributed by atoms with Crippen LogP contribution in [0.5, 0.6) is 0 Å². The molecule has 0 aliphatic heterocycles. The fourth-order valence-corrected chi connectivity index (χ4v) is 2.03. The van der Waals surface area contributed by atoms with Crippen molar-refractivity contribution in [3.05, 3.63) is 35.9 Å². The predicted molar refractivity (Wildman–Crippen MR) is 70.7 cm³/mol. The Balaban J connectivity index is 2.47. The zero-order valence-electron chi connectivity index (χ0n) is 10.5. The van der Waals surface area contributed by atoms with E-state index >= 15 is 0 Å². The molecular formula is C12H18N2O3S. The molecule has 0 heterocycles. The van der Waals surface area contributed by atoms with Crippen LogP contribution < -0.4 is 10.0 Å². The number of rotatable bonds is 6. The van der Waals surface area contributed by atoms with Crippen LogP contribution in [0.4, 0.5) is 0 Å². The molecule has 1 atom stereocenters. The SMILES string of the molecule is CNS(=O)(=O)CCNC(=O)[C@H](C)c1ccccc1. The summed E-state index contributed by atoms with van der Waals surface area (Å²) < 4.78 is 24.5. The van der Waals surface area contributed by atoms with Crippen LogP contribution in [-0.2, 0) is 14.8 Å². The van der Waals surface area contributed by atoms with E-state index in [-0.39, 0.29) is 24.1 Å². The van der Waals surface area contributed by atoms with Crippen LogP contribution in [0.2, 0.25) is 0 Å². The first kappa shape index (κ1) is 14.7. The molecule has 0 bridgehead atoms. The summed E-state index contributed by atoms with van der Waals surface area (Å²) in [7, 11) is -1.92. The minimum Gasteiger partial charge on any atom is -0.355 e. The normalized spacial score (nSPS) is 13.0. The van der Waals surface area contributed by atoms with Crippen molar-refractivity contribution in [3.8, 4) is 0 Å². The molecule has 1 rings (SSSR count). The van der Waals surface area contributed by atoms with Gasteiger partial charge in [-0.05, 0) is 19.5 Å². The van der Waals surface area contributed by atoms with E-state index in [0.717, 1.165) is 5.56 Å². The van der Waals surface area contributed by atoms with E-state index in [0.29, 0.717) is 0 Å². The number of carbonyl (C=O) groups excluding carboxylic acids is 1. The molecule has 1 amide bonds. The quantitative estimate of drug-likeness (QED) is 0.788. The smallest absolute Gasteiger partial charge is 0.227 e.